The van der Waals surface area contributed by atoms with Gasteiger partial charge in [0.1, 0.15) is 30.1 Å². The van der Waals surface area contributed by atoms with Gasteiger partial charge in [0.2, 0.25) is 17.8 Å². The monoisotopic (exact) mass is 697 g/mol. The predicted molar refractivity (Wildman–Crippen MR) is 167 cm³/mol. The number of esters is 1. The molecule has 3 heterocycles. The zero-order valence-corrected chi connectivity index (χ0v) is 27.7. The van der Waals surface area contributed by atoms with Crippen LogP contribution in [-0.2, 0) is 33.3 Å². The molecule has 3 fully saturated rings. The molecule has 0 aromatic rings. The number of hydrogen-bond donors (Lipinski definition) is 6. The summed E-state index contributed by atoms with van der Waals surface area (Å²) >= 11 is 2.97. The standard InChI is InChI=1S/C30H44BrN5O9/c1-16(6-9-22-17(2)12-21(19(4)44-22)33-24(38)11-8-18(3)43-20(5)37)7-10-23-27(40)30(15-42-30)13-26(45-23)35-29(41)36-28(32)34-25(39)14-31/h6-8,10-11,17-19,21-23,26-27,40H,9,12-15H2,1-5H3,(H,33,38)(H4,32,34,35,36,39,41)/b10-7+,11-8-,16-6+/t17-,18-,19+,21+,22-,23+,26?,27-,30+/m0/s1. The number of carbonyl (C=O) groups is 4. The molecule has 0 radical (unpaired) electrons. The van der Waals surface area contributed by atoms with Crippen LogP contribution in [0.25, 0.3) is 0 Å². The zero-order valence-electron chi connectivity index (χ0n) is 26.1. The van der Waals surface area contributed by atoms with E-state index in [4.69, 9.17) is 24.4 Å². The van der Waals surface area contributed by atoms with Gasteiger partial charge in [-0.1, -0.05) is 46.7 Å². The average molecular weight is 699 g/mol. The van der Waals surface area contributed by atoms with Crippen molar-refractivity contribution in [3.05, 3.63) is 36.0 Å². The Bertz CT molecular complexity index is 1200. The van der Waals surface area contributed by atoms with Crippen molar-refractivity contribution in [1.29, 1.82) is 5.41 Å². The van der Waals surface area contributed by atoms with Crippen LogP contribution in [-0.4, -0.2) is 95.2 Å². The lowest BCUT2D eigenvalue weighted by molar-refractivity contribution is -0.143. The lowest BCUT2D eigenvalue weighted by Gasteiger charge is -2.39. The van der Waals surface area contributed by atoms with Gasteiger partial charge in [-0.25, -0.2) is 4.79 Å². The van der Waals surface area contributed by atoms with Crippen molar-refractivity contribution in [2.45, 2.75) is 102 Å². The third kappa shape index (κ3) is 11.3. The summed E-state index contributed by atoms with van der Waals surface area (Å²) in [4.78, 5) is 47.1. The van der Waals surface area contributed by atoms with Gasteiger partial charge in [-0.3, -0.25) is 30.4 Å². The summed E-state index contributed by atoms with van der Waals surface area (Å²) in [6.07, 6.45) is 6.85. The van der Waals surface area contributed by atoms with E-state index in [-0.39, 0.29) is 41.8 Å². The second-order valence-corrected chi connectivity index (χ2v) is 12.2. The molecule has 4 amide bonds. The highest BCUT2D eigenvalue weighted by molar-refractivity contribution is 9.09. The van der Waals surface area contributed by atoms with Crippen molar-refractivity contribution in [2.24, 2.45) is 5.92 Å². The number of rotatable bonds is 10. The maximum Gasteiger partial charge on any atom is 0.323 e. The van der Waals surface area contributed by atoms with Gasteiger partial charge in [0.05, 0.1) is 30.2 Å². The second kappa shape index (κ2) is 16.5. The summed E-state index contributed by atoms with van der Waals surface area (Å²) in [5, 5.41) is 28.5. The fraction of sp³-hybridized carbons (Fsp3) is 0.633. The van der Waals surface area contributed by atoms with Crippen molar-refractivity contribution in [2.75, 3.05) is 11.9 Å². The van der Waals surface area contributed by atoms with Crippen LogP contribution < -0.4 is 21.3 Å². The van der Waals surface area contributed by atoms with Gasteiger partial charge in [0, 0.05) is 19.4 Å². The van der Waals surface area contributed by atoms with E-state index >= 15 is 0 Å². The molecule has 3 aliphatic heterocycles. The molecule has 9 atom stereocenters. The minimum absolute atomic E-state index is 0.0182. The SMILES string of the molecule is CC(=O)O[C@@H](C)/C=C\C(=O)N[C@@H]1C[C@H](C)[C@H](C/C=C(C)/C=C/[C@H]2OC(NC(=O)NC(=N)NC(=O)CBr)C[C@@]3(CO3)[C@H]2O)O[C@@H]1C. The first-order chi connectivity index (χ1) is 21.2. The van der Waals surface area contributed by atoms with E-state index in [1.165, 1.54) is 19.1 Å². The smallest absolute Gasteiger partial charge is 0.323 e. The van der Waals surface area contributed by atoms with Crippen molar-refractivity contribution in [1.82, 2.24) is 21.3 Å². The predicted octanol–water partition coefficient (Wildman–Crippen LogP) is 1.68. The fourth-order valence-corrected chi connectivity index (χ4v) is 5.39. The summed E-state index contributed by atoms with van der Waals surface area (Å²) in [5.74, 6) is -1.48. The van der Waals surface area contributed by atoms with Gasteiger partial charge < -0.3 is 34.7 Å². The number of ether oxygens (including phenoxy) is 4. The molecule has 45 heavy (non-hydrogen) atoms. The van der Waals surface area contributed by atoms with E-state index in [2.05, 4.69) is 44.1 Å². The van der Waals surface area contributed by atoms with Gasteiger partial charge in [-0.05, 0) is 45.6 Å². The van der Waals surface area contributed by atoms with E-state index < -0.39 is 54.0 Å². The normalized spacial score (nSPS) is 32.2. The Hall–Kier alpha value is -3.11. The number of urea groups is 1. The number of guanidine groups is 1. The topological polar surface area (TPSA) is 201 Å². The molecule has 3 rings (SSSR count). The number of epoxide rings is 1. The Morgan fingerprint density at radius 1 is 1.13 bits per heavy atom. The number of amides is 4. The van der Waals surface area contributed by atoms with Crippen molar-refractivity contribution >= 4 is 45.7 Å². The Kier molecular flexibility index (Phi) is 13.3. The third-order valence-electron chi connectivity index (χ3n) is 7.77. The molecular formula is C30H44BrN5O9. The molecule has 0 aromatic carbocycles. The van der Waals surface area contributed by atoms with Gasteiger partial charge >= 0.3 is 12.0 Å². The van der Waals surface area contributed by atoms with Crippen LogP contribution in [0, 0.1) is 11.3 Å². The first kappa shape index (κ1) is 36.4. The molecule has 0 bridgehead atoms. The molecule has 6 N–H and O–H groups in total. The average Bonchev–Trinajstić information content (AvgIpc) is 3.73. The maximum absolute atomic E-state index is 12.4. The van der Waals surface area contributed by atoms with E-state index in [9.17, 15) is 24.3 Å². The minimum Gasteiger partial charge on any atom is -0.459 e. The number of hydrogen-bond acceptors (Lipinski definition) is 10. The quantitative estimate of drug-likeness (QED) is 0.0374. The van der Waals surface area contributed by atoms with Crippen LogP contribution in [0.4, 0.5) is 4.79 Å². The molecule has 14 nitrogen and oxygen atoms in total. The maximum atomic E-state index is 12.4. The number of halogens is 1. The first-order valence-electron chi connectivity index (χ1n) is 14.9. The Morgan fingerprint density at radius 2 is 1.84 bits per heavy atom. The first-order valence-corrected chi connectivity index (χ1v) is 16.0. The van der Waals surface area contributed by atoms with Gasteiger partial charge in [-0.15, -0.1) is 0 Å². The Labute approximate surface area is 271 Å². The third-order valence-corrected chi connectivity index (χ3v) is 8.28. The minimum atomic E-state index is -0.936. The van der Waals surface area contributed by atoms with Crippen LogP contribution in [0.3, 0.4) is 0 Å². The molecule has 3 saturated heterocycles. The highest BCUT2D eigenvalue weighted by Gasteiger charge is 2.58. The number of allylic oxidation sites excluding steroid dienone is 2. The van der Waals surface area contributed by atoms with Gasteiger partial charge in [0.15, 0.2) is 0 Å². The molecular weight excluding hydrogens is 654 g/mol. The molecule has 3 aliphatic rings. The highest BCUT2D eigenvalue weighted by atomic mass is 79.9. The summed E-state index contributed by atoms with van der Waals surface area (Å²) in [5.41, 5.74) is 0.0935. The van der Waals surface area contributed by atoms with Crippen molar-refractivity contribution in [3.8, 4) is 0 Å². The van der Waals surface area contributed by atoms with Crippen LogP contribution in [0.5, 0.6) is 0 Å². The summed E-state index contributed by atoms with van der Waals surface area (Å²) in [7, 11) is 0. The summed E-state index contributed by atoms with van der Waals surface area (Å²) in [6.45, 7) is 9.25. The van der Waals surface area contributed by atoms with Gasteiger partial charge in [-0.2, -0.15) is 0 Å². The molecule has 0 aliphatic carbocycles. The molecule has 0 aromatic heterocycles. The Balaban J connectivity index is 1.50. The van der Waals surface area contributed by atoms with Crippen LogP contribution in [0.15, 0.2) is 36.0 Å². The summed E-state index contributed by atoms with van der Waals surface area (Å²) < 4.78 is 22.7. The molecule has 1 spiro atoms. The Morgan fingerprint density at radius 3 is 2.49 bits per heavy atom. The van der Waals surface area contributed by atoms with E-state index in [0.29, 0.717) is 13.0 Å². The summed E-state index contributed by atoms with van der Waals surface area (Å²) in [6, 6.07) is -0.902. The van der Waals surface area contributed by atoms with Crippen LogP contribution in [0.2, 0.25) is 0 Å². The lowest BCUT2D eigenvalue weighted by Crippen LogP contribution is -2.57. The number of carbonyl (C=O) groups excluding carboxylic acids is 4. The molecule has 1 unspecified atom stereocenters. The van der Waals surface area contributed by atoms with E-state index in [1.54, 1.807) is 13.0 Å². The van der Waals surface area contributed by atoms with Crippen LogP contribution >= 0.6 is 15.9 Å². The second-order valence-electron chi connectivity index (χ2n) is 11.7. The molecule has 15 heteroatoms. The number of nitrogens with one attached hydrogen (secondary N) is 5. The van der Waals surface area contributed by atoms with Crippen molar-refractivity contribution < 1.29 is 43.2 Å². The molecule has 0 saturated carbocycles. The van der Waals surface area contributed by atoms with Crippen LogP contribution in [0.1, 0.15) is 53.9 Å². The van der Waals surface area contributed by atoms with E-state index in [0.717, 1.165) is 12.0 Å². The fourth-order valence-electron chi connectivity index (χ4n) is 5.25. The molecule has 250 valence electrons. The van der Waals surface area contributed by atoms with Gasteiger partial charge in [0.25, 0.3) is 0 Å². The lowest BCUT2D eigenvalue weighted by atomic mass is 9.88. The number of alkyl halides is 1. The zero-order chi connectivity index (χ0) is 33.3. The van der Waals surface area contributed by atoms with Crippen molar-refractivity contribution in [3.63, 3.8) is 0 Å². The number of aliphatic hydroxyl groups is 1. The highest BCUT2D eigenvalue weighted by Crippen LogP contribution is 2.42. The van der Waals surface area contributed by atoms with E-state index in [1.807, 2.05) is 26.0 Å². The largest absolute Gasteiger partial charge is 0.459 e. The number of aliphatic hydroxyl groups excluding tert-OH is 1.